The van der Waals surface area contributed by atoms with Gasteiger partial charge in [0.1, 0.15) is 12.1 Å². The van der Waals surface area contributed by atoms with Crippen LogP contribution in [-0.4, -0.2) is 39.7 Å². The molecule has 2 N–H and O–H groups in total. The van der Waals surface area contributed by atoms with Crippen molar-refractivity contribution in [3.05, 3.63) is 37.1 Å². The molecule has 0 aliphatic rings. The van der Waals surface area contributed by atoms with E-state index in [4.69, 9.17) is 0 Å². The number of anilines is 1. The number of amides is 1. The summed E-state index contributed by atoms with van der Waals surface area (Å²) in [6, 6.07) is 3.25. The van der Waals surface area contributed by atoms with Crippen LogP contribution in [0.15, 0.2) is 37.1 Å². The summed E-state index contributed by atoms with van der Waals surface area (Å²) in [6.07, 6.45) is 1.96. The van der Waals surface area contributed by atoms with Gasteiger partial charge in [-0.25, -0.2) is 9.97 Å². The van der Waals surface area contributed by atoms with Crippen molar-refractivity contribution < 1.29 is 18.0 Å². The topological polar surface area (TPSA) is 71.8 Å². The Morgan fingerprint density at radius 1 is 1.33 bits per heavy atom. The van der Waals surface area contributed by atoms with E-state index in [2.05, 4.69) is 15.3 Å². The molecule has 112 valence electrons. The zero-order valence-electron chi connectivity index (χ0n) is 10.8. The number of carbonyl (C=O) groups excluding carboxylic acids is 1. The highest BCUT2D eigenvalue weighted by Crippen LogP contribution is 2.12. The van der Waals surface area contributed by atoms with Crippen LogP contribution in [0.1, 0.15) is 0 Å². The molecular weight excluding hydrogens is 287 g/mol. The average molecular weight is 299 g/mol. The number of halogens is 3. The normalized spacial score (nSPS) is 11.4. The molecule has 0 spiro atoms. The fourth-order valence-electron chi connectivity index (χ4n) is 1.53. The molecule has 2 rings (SSSR count). The molecule has 2 aromatic heterocycles. The second-order valence-electron chi connectivity index (χ2n) is 4.14. The van der Waals surface area contributed by atoms with Gasteiger partial charge in [-0.05, 0) is 12.1 Å². The van der Waals surface area contributed by atoms with Gasteiger partial charge in [-0.2, -0.15) is 13.2 Å². The van der Waals surface area contributed by atoms with Crippen LogP contribution in [0.2, 0.25) is 0 Å². The largest absolute Gasteiger partial charge is 0.401 e. The fraction of sp³-hybridized carbons (Fsp3) is 0.250. The van der Waals surface area contributed by atoms with E-state index >= 15 is 0 Å². The first kappa shape index (κ1) is 15.0. The molecule has 6 nitrogen and oxygen atoms in total. The maximum atomic E-state index is 11.9. The van der Waals surface area contributed by atoms with E-state index in [9.17, 15) is 18.0 Å². The van der Waals surface area contributed by atoms with Gasteiger partial charge in [-0.1, -0.05) is 0 Å². The van der Waals surface area contributed by atoms with Crippen LogP contribution in [0.4, 0.5) is 18.9 Å². The van der Waals surface area contributed by atoms with Crippen molar-refractivity contribution in [1.29, 1.82) is 0 Å². The quantitative estimate of drug-likeness (QED) is 0.874. The van der Waals surface area contributed by atoms with E-state index in [0.29, 0.717) is 11.5 Å². The summed E-state index contributed by atoms with van der Waals surface area (Å²) in [5, 5.41) is 4.45. The van der Waals surface area contributed by atoms with Crippen LogP contribution in [0, 0.1) is 0 Å². The highest BCUT2D eigenvalue weighted by atomic mass is 19.4. The number of alkyl halides is 3. The maximum absolute atomic E-state index is 11.9. The summed E-state index contributed by atoms with van der Waals surface area (Å²) in [7, 11) is 0. The fourth-order valence-corrected chi connectivity index (χ4v) is 1.53. The Hall–Kier alpha value is -2.42. The number of nitrogens with zero attached hydrogens (tertiary/aromatic N) is 3. The number of rotatable bonds is 5. The summed E-state index contributed by atoms with van der Waals surface area (Å²) in [4.78, 5) is 19.4. The summed E-state index contributed by atoms with van der Waals surface area (Å²) >= 11 is 0. The molecule has 0 aliphatic heterocycles. The van der Waals surface area contributed by atoms with E-state index in [1.165, 1.54) is 6.20 Å². The highest BCUT2D eigenvalue weighted by Gasteiger charge is 2.26. The van der Waals surface area contributed by atoms with Crippen molar-refractivity contribution in [2.24, 2.45) is 0 Å². The molecule has 0 radical (unpaired) electrons. The van der Waals surface area contributed by atoms with Gasteiger partial charge in [0, 0.05) is 12.4 Å². The van der Waals surface area contributed by atoms with E-state index in [-0.39, 0.29) is 0 Å². The third kappa shape index (κ3) is 4.88. The van der Waals surface area contributed by atoms with Gasteiger partial charge in [0.2, 0.25) is 5.91 Å². The number of aromatic nitrogens is 3. The molecule has 2 aromatic rings. The number of imidazole rings is 1. The molecule has 1 amide bonds. The number of nitrogens with one attached hydrogen (secondary N) is 2. The minimum absolute atomic E-state index is 0.401. The van der Waals surface area contributed by atoms with E-state index in [1.807, 2.05) is 5.32 Å². The highest BCUT2D eigenvalue weighted by molar-refractivity contribution is 5.92. The van der Waals surface area contributed by atoms with Crippen molar-refractivity contribution in [3.8, 4) is 5.82 Å². The van der Waals surface area contributed by atoms with Crippen molar-refractivity contribution in [3.63, 3.8) is 0 Å². The van der Waals surface area contributed by atoms with E-state index in [0.717, 1.165) is 0 Å². The first-order valence-electron chi connectivity index (χ1n) is 5.96. The Morgan fingerprint density at radius 2 is 2.14 bits per heavy atom. The Bertz CT molecular complexity index is 580. The minimum Gasteiger partial charge on any atom is -0.324 e. The SMILES string of the molecule is O=C(CNCC(F)(F)F)Nc1ccc(-n2ccnc2)nc1. The molecule has 0 saturated carbocycles. The lowest BCUT2D eigenvalue weighted by molar-refractivity contribution is -0.126. The Balaban J connectivity index is 1.84. The predicted octanol–water partition coefficient (Wildman–Crippen LogP) is 1.36. The number of hydrogen-bond acceptors (Lipinski definition) is 4. The third-order valence-corrected chi connectivity index (χ3v) is 2.41. The van der Waals surface area contributed by atoms with Gasteiger partial charge in [0.05, 0.1) is 25.0 Å². The zero-order valence-corrected chi connectivity index (χ0v) is 10.8. The van der Waals surface area contributed by atoms with Gasteiger partial charge >= 0.3 is 6.18 Å². The average Bonchev–Trinajstić information content (AvgIpc) is 2.92. The smallest absolute Gasteiger partial charge is 0.324 e. The number of hydrogen-bond donors (Lipinski definition) is 2. The predicted molar refractivity (Wildman–Crippen MR) is 68.9 cm³/mol. The van der Waals surface area contributed by atoms with E-state index in [1.54, 1.807) is 35.4 Å². The molecular formula is C12H12F3N5O. The number of pyridine rings is 1. The Morgan fingerprint density at radius 3 is 2.71 bits per heavy atom. The first-order valence-corrected chi connectivity index (χ1v) is 5.96. The van der Waals surface area contributed by atoms with Gasteiger partial charge in [-0.3, -0.25) is 9.36 Å². The second kappa shape index (κ2) is 6.35. The van der Waals surface area contributed by atoms with Crippen LogP contribution in [-0.2, 0) is 4.79 Å². The second-order valence-corrected chi connectivity index (χ2v) is 4.14. The van der Waals surface area contributed by atoms with Gasteiger partial charge < -0.3 is 10.6 Å². The number of carbonyl (C=O) groups is 1. The van der Waals surface area contributed by atoms with Gasteiger partial charge in [0.25, 0.3) is 0 Å². The molecule has 0 fully saturated rings. The van der Waals surface area contributed by atoms with Gasteiger partial charge in [0.15, 0.2) is 0 Å². The molecule has 0 saturated heterocycles. The standard InChI is InChI=1S/C12H12F3N5O/c13-12(14,15)7-17-6-11(21)19-9-1-2-10(18-5-9)20-4-3-16-8-20/h1-5,8,17H,6-7H2,(H,19,21). The zero-order chi connectivity index (χ0) is 15.3. The van der Waals surface area contributed by atoms with Crippen molar-refractivity contribution in [2.75, 3.05) is 18.4 Å². The Labute approximate surface area is 118 Å². The molecule has 0 unspecified atom stereocenters. The Kier molecular flexibility index (Phi) is 4.53. The van der Waals surface area contributed by atoms with Crippen molar-refractivity contribution in [1.82, 2.24) is 19.9 Å². The molecule has 0 aliphatic carbocycles. The third-order valence-electron chi connectivity index (χ3n) is 2.41. The summed E-state index contributed by atoms with van der Waals surface area (Å²) in [5.41, 5.74) is 0.401. The maximum Gasteiger partial charge on any atom is 0.401 e. The lowest BCUT2D eigenvalue weighted by Gasteiger charge is -2.09. The molecule has 9 heteroatoms. The summed E-state index contributed by atoms with van der Waals surface area (Å²) in [5.74, 6) is 0.0390. The molecule has 21 heavy (non-hydrogen) atoms. The van der Waals surface area contributed by atoms with E-state index < -0.39 is 25.2 Å². The van der Waals surface area contributed by atoms with Crippen LogP contribution in [0.3, 0.4) is 0 Å². The monoisotopic (exact) mass is 299 g/mol. The molecule has 2 heterocycles. The van der Waals surface area contributed by atoms with Crippen LogP contribution >= 0.6 is 0 Å². The first-order chi connectivity index (χ1) is 9.94. The van der Waals surface area contributed by atoms with Crippen LogP contribution in [0.25, 0.3) is 5.82 Å². The van der Waals surface area contributed by atoms with Crippen LogP contribution in [0.5, 0.6) is 0 Å². The van der Waals surface area contributed by atoms with Gasteiger partial charge in [-0.15, -0.1) is 0 Å². The van der Waals surface area contributed by atoms with Crippen LogP contribution < -0.4 is 10.6 Å². The molecule has 0 bridgehead atoms. The minimum atomic E-state index is -4.34. The van der Waals surface area contributed by atoms with Crippen molar-refractivity contribution >= 4 is 11.6 Å². The summed E-state index contributed by atoms with van der Waals surface area (Å²) in [6.45, 7) is -1.64. The lowest BCUT2D eigenvalue weighted by atomic mass is 10.4. The lowest BCUT2D eigenvalue weighted by Crippen LogP contribution is -2.35. The van der Waals surface area contributed by atoms with Crippen molar-refractivity contribution in [2.45, 2.75) is 6.18 Å². The molecule has 0 atom stereocenters. The summed E-state index contributed by atoms with van der Waals surface area (Å²) < 4.78 is 37.4. The molecule has 0 aromatic carbocycles.